The molecule has 1 aliphatic heterocycles. The number of carbonyl (C=O) groups excluding carboxylic acids is 1. The third-order valence-electron chi connectivity index (χ3n) is 4.30. The SMILES string of the molecule is CC1CN(C(=O)c2cc(-c3ccccc3)on2)CCC1C(=O)O. The smallest absolute Gasteiger partial charge is 0.306 e. The lowest BCUT2D eigenvalue weighted by Gasteiger charge is -2.34. The molecule has 1 aromatic carbocycles. The molecule has 0 bridgehead atoms. The van der Waals surface area contributed by atoms with Crippen molar-refractivity contribution in [3.05, 3.63) is 42.1 Å². The minimum atomic E-state index is -0.794. The van der Waals surface area contributed by atoms with E-state index in [4.69, 9.17) is 9.63 Å². The van der Waals surface area contributed by atoms with Crippen LogP contribution in [0.2, 0.25) is 0 Å². The highest BCUT2D eigenvalue weighted by Gasteiger charge is 2.34. The van der Waals surface area contributed by atoms with Crippen LogP contribution < -0.4 is 0 Å². The van der Waals surface area contributed by atoms with Gasteiger partial charge in [-0.15, -0.1) is 0 Å². The third kappa shape index (κ3) is 3.11. The number of carboxylic acid groups (broad SMARTS) is 1. The molecule has 3 rings (SSSR count). The summed E-state index contributed by atoms with van der Waals surface area (Å²) < 4.78 is 5.26. The van der Waals surface area contributed by atoms with E-state index in [0.717, 1.165) is 5.56 Å². The van der Waals surface area contributed by atoms with E-state index in [2.05, 4.69) is 5.16 Å². The van der Waals surface area contributed by atoms with E-state index in [0.29, 0.717) is 25.3 Å². The number of aliphatic carboxylic acids is 1. The van der Waals surface area contributed by atoms with Crippen molar-refractivity contribution in [1.82, 2.24) is 10.1 Å². The molecule has 23 heavy (non-hydrogen) atoms. The molecule has 2 atom stereocenters. The maximum atomic E-state index is 12.5. The Hall–Kier alpha value is -2.63. The van der Waals surface area contributed by atoms with Gasteiger partial charge in [-0.25, -0.2) is 0 Å². The van der Waals surface area contributed by atoms with Gasteiger partial charge in [-0.3, -0.25) is 9.59 Å². The molecule has 2 aromatic rings. The number of piperidine rings is 1. The Kier molecular flexibility index (Phi) is 4.14. The molecule has 0 spiro atoms. The lowest BCUT2D eigenvalue weighted by Crippen LogP contribution is -2.45. The summed E-state index contributed by atoms with van der Waals surface area (Å²) >= 11 is 0. The Morgan fingerprint density at radius 2 is 2.04 bits per heavy atom. The van der Waals surface area contributed by atoms with Crippen LogP contribution >= 0.6 is 0 Å². The van der Waals surface area contributed by atoms with Gasteiger partial charge in [0.15, 0.2) is 11.5 Å². The zero-order valence-corrected chi connectivity index (χ0v) is 12.8. The summed E-state index contributed by atoms with van der Waals surface area (Å²) in [6, 6.07) is 11.1. The van der Waals surface area contributed by atoms with Crippen molar-refractivity contribution in [1.29, 1.82) is 0 Å². The number of carbonyl (C=O) groups is 2. The van der Waals surface area contributed by atoms with Crippen LogP contribution in [-0.4, -0.2) is 40.1 Å². The Morgan fingerprint density at radius 1 is 1.30 bits per heavy atom. The van der Waals surface area contributed by atoms with Gasteiger partial charge in [-0.1, -0.05) is 42.4 Å². The van der Waals surface area contributed by atoms with E-state index in [9.17, 15) is 9.59 Å². The molecule has 6 nitrogen and oxygen atoms in total. The van der Waals surface area contributed by atoms with E-state index in [-0.39, 0.29) is 17.5 Å². The van der Waals surface area contributed by atoms with Crippen molar-refractivity contribution in [2.24, 2.45) is 11.8 Å². The number of hydrogen-bond donors (Lipinski definition) is 1. The predicted octanol–water partition coefficient (Wildman–Crippen LogP) is 2.52. The van der Waals surface area contributed by atoms with E-state index in [1.54, 1.807) is 11.0 Å². The topological polar surface area (TPSA) is 83.6 Å². The van der Waals surface area contributed by atoms with Crippen LogP contribution in [0, 0.1) is 11.8 Å². The maximum Gasteiger partial charge on any atom is 0.306 e. The number of benzene rings is 1. The van der Waals surface area contributed by atoms with Gasteiger partial charge in [0.2, 0.25) is 0 Å². The summed E-state index contributed by atoms with van der Waals surface area (Å²) in [7, 11) is 0. The first-order chi connectivity index (χ1) is 11.1. The minimum absolute atomic E-state index is 0.0781. The van der Waals surface area contributed by atoms with Crippen molar-refractivity contribution in [2.75, 3.05) is 13.1 Å². The van der Waals surface area contributed by atoms with Crippen LogP contribution in [0.5, 0.6) is 0 Å². The molecule has 120 valence electrons. The van der Waals surface area contributed by atoms with Crippen LogP contribution in [0.1, 0.15) is 23.8 Å². The molecule has 6 heteroatoms. The molecular formula is C17H18N2O4. The van der Waals surface area contributed by atoms with E-state index < -0.39 is 11.9 Å². The van der Waals surface area contributed by atoms with Crippen molar-refractivity contribution < 1.29 is 19.2 Å². The number of nitrogens with zero attached hydrogens (tertiary/aromatic N) is 2. The predicted molar refractivity (Wildman–Crippen MR) is 82.7 cm³/mol. The Bertz CT molecular complexity index is 710. The van der Waals surface area contributed by atoms with Gasteiger partial charge in [0.05, 0.1) is 5.92 Å². The number of amides is 1. The van der Waals surface area contributed by atoms with Crippen LogP contribution in [0.25, 0.3) is 11.3 Å². The Morgan fingerprint density at radius 3 is 2.70 bits per heavy atom. The zero-order chi connectivity index (χ0) is 16.4. The second-order valence-electron chi connectivity index (χ2n) is 5.90. The molecule has 1 saturated heterocycles. The van der Waals surface area contributed by atoms with Gasteiger partial charge in [0, 0.05) is 24.7 Å². The molecule has 0 aliphatic carbocycles. The molecule has 1 amide bonds. The highest BCUT2D eigenvalue weighted by molar-refractivity contribution is 5.93. The monoisotopic (exact) mass is 314 g/mol. The second-order valence-corrected chi connectivity index (χ2v) is 5.90. The van der Waals surface area contributed by atoms with Crippen LogP contribution in [-0.2, 0) is 4.79 Å². The number of hydrogen-bond acceptors (Lipinski definition) is 4. The number of carboxylic acids is 1. The summed E-state index contributed by atoms with van der Waals surface area (Å²) in [6.07, 6.45) is 0.464. The van der Waals surface area contributed by atoms with E-state index in [1.165, 1.54) is 0 Å². The fourth-order valence-electron chi connectivity index (χ4n) is 2.97. The molecule has 2 unspecified atom stereocenters. The summed E-state index contributed by atoms with van der Waals surface area (Å²) in [5, 5.41) is 13.0. The zero-order valence-electron chi connectivity index (χ0n) is 12.8. The molecule has 2 heterocycles. The van der Waals surface area contributed by atoms with Crippen LogP contribution in [0.15, 0.2) is 40.9 Å². The first kappa shape index (κ1) is 15.3. The van der Waals surface area contributed by atoms with E-state index in [1.807, 2.05) is 37.3 Å². The molecule has 0 radical (unpaired) electrons. The summed E-state index contributed by atoms with van der Waals surface area (Å²) in [4.78, 5) is 25.3. The molecule has 1 aliphatic rings. The molecule has 1 aromatic heterocycles. The summed E-state index contributed by atoms with van der Waals surface area (Å²) in [5.41, 5.74) is 1.11. The van der Waals surface area contributed by atoms with Crippen LogP contribution in [0.3, 0.4) is 0 Å². The van der Waals surface area contributed by atoms with Gasteiger partial charge in [0.25, 0.3) is 5.91 Å². The van der Waals surface area contributed by atoms with Crippen LogP contribution in [0.4, 0.5) is 0 Å². The highest BCUT2D eigenvalue weighted by atomic mass is 16.5. The lowest BCUT2D eigenvalue weighted by atomic mass is 9.87. The average molecular weight is 314 g/mol. The van der Waals surface area contributed by atoms with Gasteiger partial charge in [0.1, 0.15) is 0 Å². The van der Waals surface area contributed by atoms with Gasteiger partial charge in [-0.05, 0) is 12.3 Å². The standard InChI is InChI=1S/C17H18N2O4/c1-11-10-19(8-7-13(11)17(21)22)16(20)14-9-15(23-18-14)12-5-3-2-4-6-12/h2-6,9,11,13H,7-8,10H2,1H3,(H,21,22). The number of rotatable bonds is 3. The first-order valence-corrected chi connectivity index (χ1v) is 7.60. The summed E-state index contributed by atoms with van der Waals surface area (Å²) in [5.74, 6) is -0.937. The van der Waals surface area contributed by atoms with Gasteiger partial charge < -0.3 is 14.5 Å². The second kappa shape index (κ2) is 6.24. The van der Waals surface area contributed by atoms with Crippen molar-refractivity contribution in [3.8, 4) is 11.3 Å². The quantitative estimate of drug-likeness (QED) is 0.941. The third-order valence-corrected chi connectivity index (χ3v) is 4.30. The summed E-state index contributed by atoms with van der Waals surface area (Å²) in [6.45, 7) is 2.70. The van der Waals surface area contributed by atoms with Gasteiger partial charge in [-0.2, -0.15) is 0 Å². The van der Waals surface area contributed by atoms with Crippen molar-refractivity contribution >= 4 is 11.9 Å². The lowest BCUT2D eigenvalue weighted by molar-refractivity contribution is -0.145. The number of aromatic nitrogens is 1. The van der Waals surface area contributed by atoms with Crippen molar-refractivity contribution in [3.63, 3.8) is 0 Å². The fourth-order valence-corrected chi connectivity index (χ4v) is 2.97. The largest absolute Gasteiger partial charge is 0.481 e. The highest BCUT2D eigenvalue weighted by Crippen LogP contribution is 2.26. The van der Waals surface area contributed by atoms with Gasteiger partial charge >= 0.3 is 5.97 Å². The molecular weight excluding hydrogens is 296 g/mol. The first-order valence-electron chi connectivity index (χ1n) is 7.60. The molecule has 0 saturated carbocycles. The fraction of sp³-hybridized carbons (Fsp3) is 0.353. The minimum Gasteiger partial charge on any atom is -0.481 e. The normalized spacial score (nSPS) is 21.2. The Balaban J connectivity index is 1.72. The number of likely N-dealkylation sites (tertiary alicyclic amines) is 1. The van der Waals surface area contributed by atoms with Crippen molar-refractivity contribution in [2.45, 2.75) is 13.3 Å². The maximum absolute atomic E-state index is 12.5. The van der Waals surface area contributed by atoms with E-state index >= 15 is 0 Å². The molecule has 1 fully saturated rings. The Labute approximate surface area is 133 Å². The average Bonchev–Trinajstić information content (AvgIpc) is 3.04. The molecule has 1 N–H and O–H groups in total.